The van der Waals surface area contributed by atoms with Crippen molar-refractivity contribution < 1.29 is 5.11 Å². The van der Waals surface area contributed by atoms with Gasteiger partial charge in [0.1, 0.15) is 0 Å². The number of hydrogen-bond donors (Lipinski definition) is 1. The molecule has 0 aromatic rings. The lowest BCUT2D eigenvalue weighted by Crippen LogP contribution is -2.16. The van der Waals surface area contributed by atoms with Gasteiger partial charge in [0.15, 0.2) is 0 Å². The van der Waals surface area contributed by atoms with Crippen molar-refractivity contribution in [3.8, 4) is 0 Å². The summed E-state index contributed by atoms with van der Waals surface area (Å²) in [4.78, 5) is 0. The number of aliphatic hydroxyl groups is 1. The summed E-state index contributed by atoms with van der Waals surface area (Å²) < 4.78 is 0. The van der Waals surface area contributed by atoms with Crippen LogP contribution in [0.3, 0.4) is 0 Å². The van der Waals surface area contributed by atoms with Gasteiger partial charge in [0, 0.05) is 0 Å². The largest absolute Gasteiger partial charge is 0.388 e. The van der Waals surface area contributed by atoms with Gasteiger partial charge in [-0.05, 0) is 6.42 Å². The topological polar surface area (TPSA) is 20.2 Å². The van der Waals surface area contributed by atoms with E-state index < -0.39 is 6.10 Å². The second-order valence-electron chi connectivity index (χ2n) is 1.65. The fourth-order valence-corrected chi connectivity index (χ4v) is 0.492. The highest BCUT2D eigenvalue weighted by Crippen LogP contribution is 2.06. The number of alkyl halides is 1. The molecule has 2 atom stereocenters. The molecule has 2 heteroatoms. The van der Waals surface area contributed by atoms with Gasteiger partial charge >= 0.3 is 0 Å². The molecule has 1 N–H and O–H groups in total. The lowest BCUT2D eigenvalue weighted by molar-refractivity contribution is 0.216. The third-order valence-electron chi connectivity index (χ3n) is 1.00. The summed E-state index contributed by atoms with van der Waals surface area (Å²) in [6, 6.07) is 0. The van der Waals surface area contributed by atoms with Crippen molar-refractivity contribution in [3.05, 3.63) is 12.7 Å². The van der Waals surface area contributed by atoms with E-state index >= 15 is 0 Å². The molecule has 0 saturated heterocycles. The van der Waals surface area contributed by atoms with Crippen molar-refractivity contribution in [2.75, 3.05) is 0 Å². The molecule has 48 valence electrons. The number of aliphatic hydroxyl groups excluding tert-OH is 1. The van der Waals surface area contributed by atoms with Crippen LogP contribution in [-0.4, -0.2) is 16.6 Å². The van der Waals surface area contributed by atoms with Crippen molar-refractivity contribution in [1.29, 1.82) is 0 Å². The average molecular weight is 135 g/mol. The zero-order chi connectivity index (χ0) is 6.57. The van der Waals surface area contributed by atoms with E-state index in [4.69, 9.17) is 16.7 Å². The quantitative estimate of drug-likeness (QED) is 0.459. The van der Waals surface area contributed by atoms with E-state index in [2.05, 4.69) is 6.58 Å². The molecular weight excluding hydrogens is 124 g/mol. The molecule has 0 fully saturated rings. The van der Waals surface area contributed by atoms with Crippen LogP contribution in [0.25, 0.3) is 0 Å². The summed E-state index contributed by atoms with van der Waals surface area (Å²) in [5.41, 5.74) is 0. The third kappa shape index (κ3) is 2.34. The van der Waals surface area contributed by atoms with E-state index in [1.54, 1.807) is 0 Å². The van der Waals surface area contributed by atoms with Gasteiger partial charge in [-0.1, -0.05) is 13.0 Å². The molecular formula is C6H11ClO. The van der Waals surface area contributed by atoms with Crippen molar-refractivity contribution >= 4 is 11.6 Å². The summed E-state index contributed by atoms with van der Waals surface area (Å²) in [6.07, 6.45) is 1.66. The van der Waals surface area contributed by atoms with E-state index in [1.807, 2.05) is 6.92 Å². The molecule has 0 saturated carbocycles. The minimum atomic E-state index is -0.554. The van der Waals surface area contributed by atoms with Gasteiger partial charge in [0.25, 0.3) is 0 Å². The first-order valence-corrected chi connectivity index (χ1v) is 3.10. The number of rotatable bonds is 3. The smallest absolute Gasteiger partial charge is 0.0881 e. The Labute approximate surface area is 55.0 Å². The Bertz CT molecular complexity index is 72.9. The molecule has 0 rings (SSSR count). The summed E-state index contributed by atoms with van der Waals surface area (Å²) in [7, 11) is 0. The summed E-state index contributed by atoms with van der Waals surface area (Å²) >= 11 is 5.59. The second-order valence-corrected chi connectivity index (χ2v) is 2.21. The highest BCUT2D eigenvalue weighted by atomic mass is 35.5. The lowest BCUT2D eigenvalue weighted by Gasteiger charge is -2.08. The Kier molecular flexibility index (Phi) is 3.92. The molecule has 0 aliphatic heterocycles. The maximum absolute atomic E-state index is 8.88. The first-order chi connectivity index (χ1) is 3.72. The van der Waals surface area contributed by atoms with Crippen LogP contribution in [0.4, 0.5) is 0 Å². The van der Waals surface area contributed by atoms with Crippen LogP contribution in [0.5, 0.6) is 0 Å². The third-order valence-corrected chi connectivity index (χ3v) is 1.57. The van der Waals surface area contributed by atoms with Crippen LogP contribution in [0.1, 0.15) is 13.3 Å². The molecule has 0 bridgehead atoms. The van der Waals surface area contributed by atoms with Crippen molar-refractivity contribution in [2.45, 2.75) is 24.8 Å². The predicted molar refractivity (Wildman–Crippen MR) is 36.1 cm³/mol. The maximum Gasteiger partial charge on any atom is 0.0881 e. The SMILES string of the molecule is C=CC(O)C(Cl)CC. The molecule has 2 unspecified atom stereocenters. The first kappa shape index (κ1) is 7.99. The van der Waals surface area contributed by atoms with Crippen LogP contribution in [-0.2, 0) is 0 Å². The minimum absolute atomic E-state index is 0.174. The van der Waals surface area contributed by atoms with Gasteiger partial charge < -0.3 is 5.11 Å². The van der Waals surface area contributed by atoms with Crippen molar-refractivity contribution in [1.82, 2.24) is 0 Å². The van der Waals surface area contributed by atoms with Gasteiger partial charge in [0.05, 0.1) is 11.5 Å². The molecule has 0 heterocycles. The van der Waals surface area contributed by atoms with E-state index in [-0.39, 0.29) is 5.38 Å². The summed E-state index contributed by atoms with van der Waals surface area (Å²) in [5, 5.41) is 8.70. The molecule has 0 aromatic carbocycles. The minimum Gasteiger partial charge on any atom is -0.388 e. The molecule has 0 radical (unpaired) electrons. The molecule has 0 aliphatic carbocycles. The molecule has 1 nitrogen and oxygen atoms in total. The van der Waals surface area contributed by atoms with E-state index in [1.165, 1.54) is 6.08 Å². The van der Waals surface area contributed by atoms with Gasteiger partial charge in [-0.2, -0.15) is 0 Å². The van der Waals surface area contributed by atoms with Crippen LogP contribution in [0.2, 0.25) is 0 Å². The van der Waals surface area contributed by atoms with Crippen molar-refractivity contribution in [3.63, 3.8) is 0 Å². The Hall–Kier alpha value is -0.0100. The van der Waals surface area contributed by atoms with E-state index in [0.29, 0.717) is 0 Å². The zero-order valence-electron chi connectivity index (χ0n) is 4.97. The summed E-state index contributed by atoms with van der Waals surface area (Å²) in [5.74, 6) is 0. The van der Waals surface area contributed by atoms with Crippen LogP contribution < -0.4 is 0 Å². The first-order valence-electron chi connectivity index (χ1n) is 2.67. The Morgan fingerprint density at radius 2 is 2.38 bits per heavy atom. The van der Waals surface area contributed by atoms with E-state index in [9.17, 15) is 0 Å². The van der Waals surface area contributed by atoms with Gasteiger partial charge in [0.2, 0.25) is 0 Å². The molecule has 0 aliphatic rings. The highest BCUT2D eigenvalue weighted by Gasteiger charge is 2.08. The highest BCUT2D eigenvalue weighted by molar-refractivity contribution is 6.21. The number of halogens is 1. The Morgan fingerprint density at radius 1 is 1.88 bits per heavy atom. The van der Waals surface area contributed by atoms with Crippen LogP contribution >= 0.6 is 11.6 Å². The molecule has 0 aromatic heterocycles. The summed E-state index contributed by atoms with van der Waals surface area (Å²) in [6.45, 7) is 5.32. The average Bonchev–Trinajstić information content (AvgIpc) is 1.84. The van der Waals surface area contributed by atoms with Gasteiger partial charge in [-0.25, -0.2) is 0 Å². The lowest BCUT2D eigenvalue weighted by atomic mass is 10.2. The van der Waals surface area contributed by atoms with Crippen LogP contribution in [0, 0.1) is 0 Å². The Balaban J connectivity index is 3.44. The fraction of sp³-hybridized carbons (Fsp3) is 0.667. The Morgan fingerprint density at radius 3 is 2.50 bits per heavy atom. The monoisotopic (exact) mass is 134 g/mol. The second kappa shape index (κ2) is 3.93. The zero-order valence-corrected chi connectivity index (χ0v) is 5.73. The normalized spacial score (nSPS) is 17.4. The van der Waals surface area contributed by atoms with Crippen LogP contribution in [0.15, 0.2) is 12.7 Å². The van der Waals surface area contributed by atoms with Crippen molar-refractivity contribution in [2.24, 2.45) is 0 Å². The molecule has 0 amide bonds. The number of hydrogen-bond acceptors (Lipinski definition) is 1. The van der Waals surface area contributed by atoms with Gasteiger partial charge in [-0.15, -0.1) is 18.2 Å². The predicted octanol–water partition coefficient (Wildman–Crippen LogP) is 1.55. The fourth-order valence-electron chi connectivity index (χ4n) is 0.389. The maximum atomic E-state index is 8.88. The standard InChI is InChI=1S/C6H11ClO/c1-3-5(7)6(8)4-2/h4-6,8H,2-3H2,1H3. The van der Waals surface area contributed by atoms with E-state index in [0.717, 1.165) is 6.42 Å². The molecule has 8 heavy (non-hydrogen) atoms. The molecule has 0 spiro atoms. The van der Waals surface area contributed by atoms with Gasteiger partial charge in [-0.3, -0.25) is 0 Å².